The van der Waals surface area contributed by atoms with Crippen LogP contribution in [0.3, 0.4) is 0 Å². The molecule has 2 aromatic carbocycles. The lowest BCUT2D eigenvalue weighted by atomic mass is 10.3. The first kappa shape index (κ1) is 22.3. The maximum absolute atomic E-state index is 12.8. The second-order valence-electron chi connectivity index (χ2n) is 6.13. The van der Waals surface area contributed by atoms with E-state index in [1.165, 1.54) is 31.6 Å². The molecule has 11 nitrogen and oxygen atoms in total. The van der Waals surface area contributed by atoms with E-state index in [9.17, 15) is 26.9 Å². The van der Waals surface area contributed by atoms with Crippen molar-refractivity contribution in [3.8, 4) is 5.75 Å². The summed E-state index contributed by atoms with van der Waals surface area (Å²) in [4.78, 5) is 9.62. The number of anilines is 1. The lowest BCUT2D eigenvalue weighted by Gasteiger charge is -2.12. The third-order valence-corrected chi connectivity index (χ3v) is 6.86. The number of nitrogens with one attached hydrogen (secondary N) is 2. The minimum absolute atomic E-state index is 0.0607. The van der Waals surface area contributed by atoms with Crippen LogP contribution in [-0.4, -0.2) is 28.9 Å². The molecule has 0 saturated heterocycles. The van der Waals surface area contributed by atoms with E-state index in [0.717, 1.165) is 24.3 Å². The monoisotopic (exact) mass is 467 g/mol. The maximum atomic E-state index is 12.8. The topological polar surface area (TPSA) is 158 Å². The first-order valence-electron chi connectivity index (χ1n) is 8.60. The number of furan rings is 1. The molecule has 164 valence electrons. The van der Waals surface area contributed by atoms with Crippen molar-refractivity contribution in [1.82, 2.24) is 4.72 Å². The predicted octanol–water partition coefficient (Wildman–Crippen LogP) is 2.48. The first-order chi connectivity index (χ1) is 14.6. The fourth-order valence-corrected chi connectivity index (χ4v) is 4.87. The smallest absolute Gasteiger partial charge is 0.271 e. The van der Waals surface area contributed by atoms with Gasteiger partial charge in [0.15, 0.2) is 0 Å². The zero-order valence-electron chi connectivity index (χ0n) is 16.0. The highest BCUT2D eigenvalue weighted by Crippen LogP contribution is 2.30. The van der Waals surface area contributed by atoms with E-state index in [-0.39, 0.29) is 22.9 Å². The van der Waals surface area contributed by atoms with Crippen LogP contribution in [0.4, 0.5) is 11.4 Å². The highest BCUT2D eigenvalue weighted by Gasteiger charge is 2.24. The first-order valence-corrected chi connectivity index (χ1v) is 11.6. The van der Waals surface area contributed by atoms with E-state index in [1.807, 2.05) is 0 Å². The van der Waals surface area contributed by atoms with Crippen molar-refractivity contribution in [2.45, 2.75) is 16.3 Å². The van der Waals surface area contributed by atoms with Gasteiger partial charge in [0.1, 0.15) is 16.4 Å². The normalized spacial score (nSPS) is 11.8. The summed E-state index contributed by atoms with van der Waals surface area (Å²) < 4.78 is 65.3. The Morgan fingerprint density at radius 1 is 1.03 bits per heavy atom. The van der Waals surface area contributed by atoms with Crippen LogP contribution in [0.1, 0.15) is 5.76 Å². The number of nitro benzene ring substituents is 1. The molecule has 2 N–H and O–H groups in total. The Bertz CT molecular complexity index is 1300. The van der Waals surface area contributed by atoms with Crippen molar-refractivity contribution >= 4 is 31.4 Å². The minimum atomic E-state index is -4.33. The Balaban J connectivity index is 1.88. The number of benzene rings is 2. The summed E-state index contributed by atoms with van der Waals surface area (Å²) in [7, 11) is -7.08. The van der Waals surface area contributed by atoms with E-state index in [0.29, 0.717) is 5.76 Å². The minimum Gasteiger partial charge on any atom is -0.495 e. The van der Waals surface area contributed by atoms with Crippen LogP contribution >= 0.6 is 0 Å². The number of non-ortho nitro benzene ring substituents is 1. The summed E-state index contributed by atoms with van der Waals surface area (Å²) in [6, 6.07) is 11.4. The summed E-state index contributed by atoms with van der Waals surface area (Å²) in [6.07, 6.45) is 1.40. The van der Waals surface area contributed by atoms with Gasteiger partial charge < -0.3 is 9.15 Å². The Morgan fingerprint density at radius 3 is 2.45 bits per heavy atom. The number of hydrogen-bond donors (Lipinski definition) is 2. The Kier molecular flexibility index (Phi) is 6.29. The highest BCUT2D eigenvalue weighted by molar-refractivity contribution is 7.92. The molecule has 0 amide bonds. The molecule has 1 heterocycles. The van der Waals surface area contributed by atoms with Gasteiger partial charge in [-0.2, -0.15) is 0 Å². The summed E-state index contributed by atoms with van der Waals surface area (Å²) in [5, 5.41) is 11.0. The van der Waals surface area contributed by atoms with E-state index >= 15 is 0 Å². The molecule has 0 fully saturated rings. The molecule has 0 aliphatic heterocycles. The zero-order chi connectivity index (χ0) is 22.6. The van der Waals surface area contributed by atoms with Gasteiger partial charge in [0.2, 0.25) is 10.0 Å². The average molecular weight is 467 g/mol. The third-order valence-electron chi connectivity index (χ3n) is 4.06. The summed E-state index contributed by atoms with van der Waals surface area (Å²) >= 11 is 0. The fraction of sp³-hybridized carbons (Fsp3) is 0.111. The van der Waals surface area contributed by atoms with Gasteiger partial charge in [0, 0.05) is 12.1 Å². The Hall–Kier alpha value is -3.42. The van der Waals surface area contributed by atoms with E-state index in [2.05, 4.69) is 9.44 Å². The van der Waals surface area contributed by atoms with Gasteiger partial charge in [-0.1, -0.05) is 6.07 Å². The van der Waals surface area contributed by atoms with Crippen molar-refractivity contribution in [2.24, 2.45) is 0 Å². The number of methoxy groups -OCH3 is 1. The lowest BCUT2D eigenvalue weighted by molar-refractivity contribution is -0.385. The quantitative estimate of drug-likeness (QED) is 0.359. The second kappa shape index (κ2) is 8.75. The Morgan fingerprint density at radius 2 is 1.81 bits per heavy atom. The van der Waals surface area contributed by atoms with Crippen LogP contribution in [0.15, 0.2) is 75.1 Å². The maximum Gasteiger partial charge on any atom is 0.271 e. The van der Waals surface area contributed by atoms with Gasteiger partial charge >= 0.3 is 0 Å². The average Bonchev–Trinajstić information content (AvgIpc) is 3.25. The summed E-state index contributed by atoms with van der Waals surface area (Å²) in [6.45, 7) is -0.0871. The van der Waals surface area contributed by atoms with Crippen molar-refractivity contribution in [1.29, 1.82) is 0 Å². The molecule has 0 aliphatic carbocycles. The third kappa shape index (κ3) is 5.20. The van der Waals surface area contributed by atoms with Crippen molar-refractivity contribution < 1.29 is 30.9 Å². The van der Waals surface area contributed by atoms with E-state index < -0.39 is 35.6 Å². The van der Waals surface area contributed by atoms with Crippen LogP contribution < -0.4 is 14.2 Å². The number of sulfonamides is 2. The lowest BCUT2D eigenvalue weighted by Crippen LogP contribution is -2.23. The molecular weight excluding hydrogens is 450 g/mol. The predicted molar refractivity (Wildman–Crippen MR) is 110 cm³/mol. The SMILES string of the molecule is COc1ccc([N+](=O)[O-])cc1S(=O)(=O)Nc1cccc(S(=O)(=O)NCc2ccco2)c1. The van der Waals surface area contributed by atoms with Gasteiger partial charge in [0.05, 0.1) is 35.4 Å². The molecule has 0 radical (unpaired) electrons. The van der Waals surface area contributed by atoms with Crippen molar-refractivity contribution in [2.75, 3.05) is 11.8 Å². The summed E-state index contributed by atoms with van der Waals surface area (Å²) in [5.41, 5.74) is -0.505. The molecule has 0 aliphatic rings. The van der Waals surface area contributed by atoms with Gasteiger partial charge in [-0.3, -0.25) is 14.8 Å². The zero-order valence-corrected chi connectivity index (χ0v) is 17.6. The molecule has 1 aromatic heterocycles. The van der Waals surface area contributed by atoms with Gasteiger partial charge in [0.25, 0.3) is 15.7 Å². The highest BCUT2D eigenvalue weighted by atomic mass is 32.2. The van der Waals surface area contributed by atoms with Crippen LogP contribution in [0.2, 0.25) is 0 Å². The molecule has 31 heavy (non-hydrogen) atoms. The molecule has 0 unspecified atom stereocenters. The Labute approximate surface area is 177 Å². The van der Waals surface area contributed by atoms with Crippen molar-refractivity contribution in [3.05, 3.63) is 76.7 Å². The molecule has 3 rings (SSSR count). The second-order valence-corrected chi connectivity index (χ2v) is 9.55. The number of hydrogen-bond acceptors (Lipinski definition) is 8. The van der Waals surface area contributed by atoms with Crippen LogP contribution in [0.25, 0.3) is 0 Å². The van der Waals surface area contributed by atoms with Crippen molar-refractivity contribution in [3.63, 3.8) is 0 Å². The molecule has 0 spiro atoms. The van der Waals surface area contributed by atoms with Crippen LogP contribution in [0.5, 0.6) is 5.75 Å². The number of rotatable bonds is 9. The van der Waals surface area contributed by atoms with Gasteiger partial charge in [-0.25, -0.2) is 21.6 Å². The molecule has 0 bridgehead atoms. The van der Waals surface area contributed by atoms with Gasteiger partial charge in [-0.05, 0) is 36.4 Å². The molecule has 0 atom stereocenters. The molecule has 13 heteroatoms. The number of ether oxygens (including phenoxy) is 1. The summed E-state index contributed by atoms with van der Waals surface area (Å²) in [5.74, 6) is 0.292. The molecular formula is C18H17N3O8S2. The fourth-order valence-electron chi connectivity index (χ4n) is 2.59. The van der Waals surface area contributed by atoms with E-state index in [1.54, 1.807) is 12.1 Å². The van der Waals surface area contributed by atoms with E-state index in [4.69, 9.17) is 9.15 Å². The van der Waals surface area contributed by atoms with Gasteiger partial charge in [-0.15, -0.1) is 0 Å². The largest absolute Gasteiger partial charge is 0.495 e. The number of nitrogens with zero attached hydrogens (tertiary/aromatic N) is 1. The molecule has 3 aromatic rings. The standard InChI is InChI=1S/C18H17N3O8S2/c1-28-17-8-7-14(21(22)23)11-18(17)31(26,27)20-13-4-2-6-16(10-13)30(24,25)19-12-15-5-3-9-29-15/h2-11,19-20H,12H2,1H3. The van der Waals surface area contributed by atoms with Crippen LogP contribution in [-0.2, 0) is 26.6 Å². The van der Waals surface area contributed by atoms with Crippen LogP contribution in [0, 0.1) is 10.1 Å². The molecule has 0 saturated carbocycles. The number of nitro groups is 1.